The maximum absolute atomic E-state index is 2.49. The Bertz CT molecular complexity index is 169. The zero-order chi connectivity index (χ0) is 8.77. The van der Waals surface area contributed by atoms with Gasteiger partial charge in [0.05, 0.1) is 0 Å². The van der Waals surface area contributed by atoms with E-state index in [2.05, 4.69) is 27.2 Å². The summed E-state index contributed by atoms with van der Waals surface area (Å²) in [7, 11) is 0. The van der Waals surface area contributed by atoms with E-state index in [0.717, 1.165) is 17.8 Å². The smallest absolute Gasteiger partial charge is 0.0295 e. The molecule has 12 heavy (non-hydrogen) atoms. The van der Waals surface area contributed by atoms with Crippen LogP contribution in [0.5, 0.6) is 0 Å². The van der Waals surface area contributed by atoms with Crippen molar-refractivity contribution in [2.45, 2.75) is 46.5 Å². The van der Waals surface area contributed by atoms with Crippen molar-refractivity contribution in [3.05, 3.63) is 6.42 Å². The topological polar surface area (TPSA) is 0 Å². The molecule has 1 radical (unpaired) electrons. The molecule has 0 heteroatoms. The fourth-order valence-corrected chi connectivity index (χ4v) is 3.72. The van der Waals surface area contributed by atoms with Crippen LogP contribution in [0.15, 0.2) is 0 Å². The van der Waals surface area contributed by atoms with Gasteiger partial charge in [-0.05, 0) is 55.3 Å². The molecule has 2 aliphatic carbocycles. The maximum Gasteiger partial charge on any atom is -0.0295 e. The van der Waals surface area contributed by atoms with Gasteiger partial charge >= 0.3 is 0 Å². The summed E-state index contributed by atoms with van der Waals surface area (Å²) in [5.74, 6) is 3.12. The van der Waals surface area contributed by atoms with Crippen LogP contribution in [-0.4, -0.2) is 0 Å². The summed E-state index contributed by atoms with van der Waals surface area (Å²) < 4.78 is 0. The van der Waals surface area contributed by atoms with E-state index in [1.807, 2.05) is 0 Å². The summed E-state index contributed by atoms with van der Waals surface area (Å²) in [4.78, 5) is 0. The van der Waals surface area contributed by atoms with Crippen molar-refractivity contribution in [2.24, 2.45) is 23.2 Å². The summed E-state index contributed by atoms with van der Waals surface area (Å²) in [5, 5.41) is 0. The van der Waals surface area contributed by atoms with Crippen LogP contribution >= 0.6 is 0 Å². The first-order valence-corrected chi connectivity index (χ1v) is 5.44. The van der Waals surface area contributed by atoms with Gasteiger partial charge in [0.2, 0.25) is 0 Å². The first kappa shape index (κ1) is 8.59. The van der Waals surface area contributed by atoms with Crippen molar-refractivity contribution in [3.63, 3.8) is 0 Å². The minimum absolute atomic E-state index is 0.648. The van der Waals surface area contributed by atoms with Crippen LogP contribution in [0.2, 0.25) is 0 Å². The molecule has 2 saturated carbocycles. The minimum atomic E-state index is 0.648. The third-order valence-corrected chi connectivity index (χ3v) is 4.54. The van der Waals surface area contributed by atoms with E-state index in [9.17, 15) is 0 Å². The van der Waals surface area contributed by atoms with E-state index in [1.165, 1.54) is 25.7 Å². The molecule has 0 saturated heterocycles. The molecule has 3 unspecified atom stereocenters. The first-order chi connectivity index (χ1) is 5.66. The highest BCUT2D eigenvalue weighted by Gasteiger charge is 2.51. The Morgan fingerprint density at radius 3 is 2.58 bits per heavy atom. The Balaban J connectivity index is 2.12. The van der Waals surface area contributed by atoms with E-state index < -0.39 is 0 Å². The van der Waals surface area contributed by atoms with Gasteiger partial charge < -0.3 is 0 Å². The molecule has 0 aromatic rings. The third-order valence-electron chi connectivity index (χ3n) is 4.54. The van der Waals surface area contributed by atoms with Crippen molar-refractivity contribution in [1.29, 1.82) is 0 Å². The standard InChI is InChI=1S/C12H21/c1-4-5-11-9-6-7-10(8-9)12(11,2)3/h4,9-11H,5-8H2,1-3H3. The predicted octanol–water partition coefficient (Wildman–Crippen LogP) is 3.67. The van der Waals surface area contributed by atoms with Crippen LogP contribution in [-0.2, 0) is 0 Å². The Morgan fingerprint density at radius 2 is 2.08 bits per heavy atom. The molecule has 2 fully saturated rings. The van der Waals surface area contributed by atoms with Gasteiger partial charge in [0, 0.05) is 0 Å². The van der Waals surface area contributed by atoms with Gasteiger partial charge in [0.25, 0.3) is 0 Å². The summed E-state index contributed by atoms with van der Waals surface area (Å²) in [6.45, 7) is 7.19. The fraction of sp³-hybridized carbons (Fsp3) is 0.917. The van der Waals surface area contributed by atoms with Gasteiger partial charge in [-0.15, -0.1) is 0 Å². The lowest BCUT2D eigenvalue weighted by Gasteiger charge is -2.38. The van der Waals surface area contributed by atoms with Gasteiger partial charge in [-0.3, -0.25) is 0 Å². The van der Waals surface area contributed by atoms with Crippen LogP contribution in [0.1, 0.15) is 46.5 Å². The molecule has 0 N–H and O–H groups in total. The molecule has 2 aliphatic rings. The molecule has 0 nitrogen and oxygen atoms in total. The number of rotatable bonds is 2. The Labute approximate surface area is 76.7 Å². The summed E-state index contributed by atoms with van der Waals surface area (Å²) in [5.41, 5.74) is 0.648. The Kier molecular flexibility index (Phi) is 1.97. The monoisotopic (exact) mass is 165 g/mol. The van der Waals surface area contributed by atoms with Crippen molar-refractivity contribution < 1.29 is 0 Å². The molecule has 69 valence electrons. The van der Waals surface area contributed by atoms with Gasteiger partial charge in [-0.2, -0.15) is 0 Å². The normalized spacial score (nSPS) is 43.8. The van der Waals surface area contributed by atoms with Crippen LogP contribution in [0, 0.1) is 29.6 Å². The SMILES string of the molecule is C[CH]CC1C2CCC(C2)C1(C)C. The van der Waals surface area contributed by atoms with Crippen molar-refractivity contribution in [2.75, 3.05) is 0 Å². The average molecular weight is 165 g/mol. The lowest BCUT2D eigenvalue weighted by Crippen LogP contribution is -2.30. The Morgan fingerprint density at radius 1 is 1.33 bits per heavy atom. The molecule has 2 bridgehead atoms. The summed E-state index contributed by atoms with van der Waals surface area (Å²) in [6.07, 6.45) is 8.29. The molecular formula is C12H21. The predicted molar refractivity (Wildman–Crippen MR) is 52.7 cm³/mol. The molecule has 0 heterocycles. The number of hydrogen-bond donors (Lipinski definition) is 0. The maximum atomic E-state index is 2.49. The molecule has 0 amide bonds. The zero-order valence-electron chi connectivity index (χ0n) is 8.64. The average Bonchev–Trinajstić information content (AvgIpc) is 2.53. The fourth-order valence-electron chi connectivity index (χ4n) is 3.72. The van der Waals surface area contributed by atoms with E-state index in [0.29, 0.717) is 5.41 Å². The lowest BCUT2D eigenvalue weighted by molar-refractivity contribution is 0.121. The van der Waals surface area contributed by atoms with Gasteiger partial charge in [0.15, 0.2) is 0 Å². The minimum Gasteiger partial charge on any atom is -0.0622 e. The van der Waals surface area contributed by atoms with Gasteiger partial charge in [-0.1, -0.05) is 20.8 Å². The first-order valence-electron chi connectivity index (χ1n) is 5.44. The highest BCUT2D eigenvalue weighted by atomic mass is 14.6. The molecule has 0 aromatic carbocycles. The highest BCUT2D eigenvalue weighted by molar-refractivity contribution is 5.02. The summed E-state index contributed by atoms with van der Waals surface area (Å²) in [6, 6.07) is 0. The number of hydrogen-bond acceptors (Lipinski definition) is 0. The zero-order valence-corrected chi connectivity index (χ0v) is 8.64. The quantitative estimate of drug-likeness (QED) is 0.585. The second-order valence-electron chi connectivity index (χ2n) is 5.34. The van der Waals surface area contributed by atoms with Crippen LogP contribution in [0.3, 0.4) is 0 Å². The number of fused-ring (bicyclic) bond motifs is 2. The van der Waals surface area contributed by atoms with Gasteiger partial charge in [-0.25, -0.2) is 0 Å². The lowest BCUT2D eigenvalue weighted by atomic mass is 9.67. The Hall–Kier alpha value is 0. The van der Waals surface area contributed by atoms with Crippen molar-refractivity contribution in [3.8, 4) is 0 Å². The molecule has 0 aliphatic heterocycles. The molecular weight excluding hydrogens is 144 g/mol. The van der Waals surface area contributed by atoms with E-state index in [4.69, 9.17) is 0 Å². The van der Waals surface area contributed by atoms with Crippen LogP contribution < -0.4 is 0 Å². The largest absolute Gasteiger partial charge is 0.0622 e. The molecule has 3 atom stereocenters. The van der Waals surface area contributed by atoms with Gasteiger partial charge in [0.1, 0.15) is 0 Å². The highest BCUT2D eigenvalue weighted by Crippen LogP contribution is 2.60. The van der Waals surface area contributed by atoms with E-state index >= 15 is 0 Å². The van der Waals surface area contributed by atoms with Crippen molar-refractivity contribution in [1.82, 2.24) is 0 Å². The second kappa shape index (κ2) is 2.75. The second-order valence-corrected chi connectivity index (χ2v) is 5.34. The molecule has 2 rings (SSSR count). The van der Waals surface area contributed by atoms with Crippen molar-refractivity contribution >= 4 is 0 Å². The third kappa shape index (κ3) is 1.03. The van der Waals surface area contributed by atoms with E-state index in [-0.39, 0.29) is 0 Å². The summed E-state index contributed by atoms with van der Waals surface area (Å²) >= 11 is 0. The molecule has 0 spiro atoms. The van der Waals surface area contributed by atoms with Crippen LogP contribution in [0.4, 0.5) is 0 Å². The van der Waals surface area contributed by atoms with Crippen LogP contribution in [0.25, 0.3) is 0 Å². The molecule has 0 aromatic heterocycles. The van der Waals surface area contributed by atoms with E-state index in [1.54, 1.807) is 0 Å².